The van der Waals surface area contributed by atoms with Crippen molar-refractivity contribution in [2.45, 2.75) is 32.1 Å². The maximum absolute atomic E-state index is 13.9. The van der Waals surface area contributed by atoms with Crippen molar-refractivity contribution >= 4 is 11.3 Å². The molecule has 262 valence electrons. The minimum atomic E-state index is -0.600. The Kier molecular flexibility index (Phi) is 10.6. The number of rotatable bonds is 9. The topological polar surface area (TPSA) is 94.5 Å². The molecule has 0 bridgehead atoms. The SMILES string of the molecule is O=c1cc(-c2ccncc2)nc2c(CCCc3ccccc3)cccn12.O=c1cc(-c2ccncc2)nc2c(CCc3ccc(F)cc3F)cccn12. The van der Waals surface area contributed by atoms with Crippen LogP contribution >= 0.6 is 0 Å². The summed E-state index contributed by atoms with van der Waals surface area (Å²) in [6.07, 6.45) is 13.9. The molecule has 0 N–H and O–H groups in total. The predicted octanol–water partition coefficient (Wildman–Crippen LogP) is 7.75. The smallest absolute Gasteiger partial charge is 0.258 e. The van der Waals surface area contributed by atoms with Gasteiger partial charge in [-0.1, -0.05) is 48.5 Å². The van der Waals surface area contributed by atoms with Gasteiger partial charge in [-0.15, -0.1) is 0 Å². The van der Waals surface area contributed by atoms with Crippen LogP contribution in [0.25, 0.3) is 33.8 Å². The highest BCUT2D eigenvalue weighted by Gasteiger charge is 2.11. The molecule has 2 aromatic carbocycles. The Hall–Kier alpha value is -6.68. The maximum Gasteiger partial charge on any atom is 0.258 e. The van der Waals surface area contributed by atoms with Crippen molar-refractivity contribution in [2.75, 3.05) is 0 Å². The highest BCUT2D eigenvalue weighted by atomic mass is 19.1. The van der Waals surface area contributed by atoms with Crippen LogP contribution in [0.5, 0.6) is 0 Å². The van der Waals surface area contributed by atoms with E-state index in [0.29, 0.717) is 35.4 Å². The molecular formula is C43H34F2N6O2. The molecule has 6 heterocycles. The molecule has 53 heavy (non-hydrogen) atoms. The number of hydrogen-bond acceptors (Lipinski definition) is 6. The Morgan fingerprint density at radius 1 is 0.509 bits per heavy atom. The Morgan fingerprint density at radius 2 is 1.04 bits per heavy atom. The van der Waals surface area contributed by atoms with Crippen molar-refractivity contribution in [1.82, 2.24) is 28.7 Å². The second-order valence-electron chi connectivity index (χ2n) is 12.5. The van der Waals surface area contributed by atoms with Gasteiger partial charge in [-0.3, -0.25) is 28.4 Å². The predicted molar refractivity (Wildman–Crippen MR) is 202 cm³/mol. The number of benzene rings is 2. The molecular weight excluding hydrogens is 671 g/mol. The third-order valence-corrected chi connectivity index (χ3v) is 8.93. The van der Waals surface area contributed by atoms with Gasteiger partial charge in [-0.25, -0.2) is 18.7 Å². The first-order chi connectivity index (χ1) is 25.9. The van der Waals surface area contributed by atoms with Crippen molar-refractivity contribution in [3.8, 4) is 22.5 Å². The van der Waals surface area contributed by atoms with E-state index in [1.54, 1.807) is 65.8 Å². The molecule has 0 amide bonds. The van der Waals surface area contributed by atoms with E-state index in [2.05, 4.69) is 45.3 Å². The molecule has 0 saturated heterocycles. The average Bonchev–Trinajstić information content (AvgIpc) is 3.19. The maximum atomic E-state index is 13.9. The zero-order valence-corrected chi connectivity index (χ0v) is 28.6. The van der Waals surface area contributed by atoms with Gasteiger partial charge in [-0.2, -0.15) is 0 Å². The summed E-state index contributed by atoms with van der Waals surface area (Å²) in [6.45, 7) is 0. The minimum Gasteiger partial charge on any atom is -0.269 e. The summed E-state index contributed by atoms with van der Waals surface area (Å²) in [5, 5.41) is 0. The van der Waals surface area contributed by atoms with E-state index in [4.69, 9.17) is 4.98 Å². The van der Waals surface area contributed by atoms with Crippen LogP contribution in [0.3, 0.4) is 0 Å². The summed E-state index contributed by atoms with van der Waals surface area (Å²) in [5.74, 6) is -1.17. The lowest BCUT2D eigenvalue weighted by molar-refractivity contribution is 0.571. The highest BCUT2D eigenvalue weighted by Crippen LogP contribution is 2.20. The van der Waals surface area contributed by atoms with Crippen LogP contribution in [0, 0.1) is 11.6 Å². The van der Waals surface area contributed by atoms with E-state index >= 15 is 0 Å². The van der Waals surface area contributed by atoms with Gasteiger partial charge in [0, 0.05) is 66.5 Å². The molecule has 0 aliphatic heterocycles. The van der Waals surface area contributed by atoms with Crippen molar-refractivity contribution in [3.63, 3.8) is 0 Å². The van der Waals surface area contributed by atoms with Gasteiger partial charge in [0.2, 0.25) is 0 Å². The van der Waals surface area contributed by atoms with Gasteiger partial charge >= 0.3 is 0 Å². The van der Waals surface area contributed by atoms with E-state index in [9.17, 15) is 18.4 Å². The number of fused-ring (bicyclic) bond motifs is 2. The molecule has 6 aromatic heterocycles. The number of aromatic nitrogens is 6. The third-order valence-electron chi connectivity index (χ3n) is 8.93. The normalized spacial score (nSPS) is 11.0. The zero-order chi connectivity index (χ0) is 36.6. The molecule has 0 radical (unpaired) electrons. The van der Waals surface area contributed by atoms with Gasteiger partial charge in [0.15, 0.2) is 0 Å². The van der Waals surface area contributed by atoms with Crippen molar-refractivity contribution in [2.24, 2.45) is 0 Å². The fraction of sp³-hybridized carbons (Fsp3) is 0.116. The highest BCUT2D eigenvalue weighted by molar-refractivity contribution is 5.63. The Morgan fingerprint density at radius 3 is 1.58 bits per heavy atom. The zero-order valence-electron chi connectivity index (χ0n) is 28.6. The molecule has 8 rings (SSSR count). The van der Waals surface area contributed by atoms with Gasteiger partial charge in [0.1, 0.15) is 22.9 Å². The van der Waals surface area contributed by atoms with Crippen LogP contribution in [-0.2, 0) is 25.7 Å². The lowest BCUT2D eigenvalue weighted by Crippen LogP contribution is -2.15. The van der Waals surface area contributed by atoms with Gasteiger partial charge in [0.05, 0.1) is 11.4 Å². The Labute approximate surface area is 303 Å². The molecule has 0 aliphatic carbocycles. The molecule has 0 unspecified atom stereocenters. The van der Waals surface area contributed by atoms with Crippen LogP contribution in [0.15, 0.2) is 156 Å². The van der Waals surface area contributed by atoms with E-state index < -0.39 is 11.6 Å². The molecule has 10 heteroatoms. The summed E-state index contributed by atoms with van der Waals surface area (Å²) in [6, 6.07) is 32.0. The van der Waals surface area contributed by atoms with Crippen LogP contribution in [0.4, 0.5) is 8.78 Å². The number of aryl methyl sites for hydroxylation is 4. The Bertz CT molecular complexity index is 2610. The number of hydrogen-bond donors (Lipinski definition) is 0. The molecule has 0 saturated carbocycles. The van der Waals surface area contributed by atoms with Crippen molar-refractivity contribution in [3.05, 3.63) is 201 Å². The first-order valence-corrected chi connectivity index (χ1v) is 17.2. The van der Waals surface area contributed by atoms with Crippen LogP contribution in [0.2, 0.25) is 0 Å². The van der Waals surface area contributed by atoms with Crippen molar-refractivity contribution in [1.29, 1.82) is 0 Å². The minimum absolute atomic E-state index is 0.0632. The average molecular weight is 705 g/mol. The summed E-state index contributed by atoms with van der Waals surface area (Å²) in [5.41, 5.74) is 7.61. The lowest BCUT2D eigenvalue weighted by atomic mass is 10.0. The molecule has 0 aliphatic rings. The second-order valence-corrected chi connectivity index (χ2v) is 12.5. The molecule has 8 nitrogen and oxygen atoms in total. The standard InChI is InChI=1S/C22H19N3O.C21H15F2N3O/c26-21-16-20(18-11-13-23-14-12-18)24-22-19(10-5-15-25(21)22)9-4-8-17-6-2-1-3-7-17;22-17-6-5-14(18(23)12-17)3-4-16-2-1-11-26-20(27)13-19(25-21(16)26)15-7-9-24-10-8-15/h1-3,5-7,10-16H,4,8-9H2;1-2,5-13H,3-4H2. The quantitative estimate of drug-likeness (QED) is 0.153. The summed E-state index contributed by atoms with van der Waals surface area (Å²) in [7, 11) is 0. The fourth-order valence-electron chi connectivity index (χ4n) is 6.22. The number of halogens is 2. The summed E-state index contributed by atoms with van der Waals surface area (Å²) >= 11 is 0. The van der Waals surface area contributed by atoms with E-state index in [0.717, 1.165) is 53.2 Å². The van der Waals surface area contributed by atoms with E-state index in [1.165, 1.54) is 28.2 Å². The molecule has 0 fully saturated rings. The first-order valence-electron chi connectivity index (χ1n) is 17.2. The van der Waals surface area contributed by atoms with Crippen LogP contribution < -0.4 is 11.1 Å². The van der Waals surface area contributed by atoms with Crippen molar-refractivity contribution < 1.29 is 8.78 Å². The van der Waals surface area contributed by atoms with E-state index in [-0.39, 0.29) is 11.1 Å². The lowest BCUT2D eigenvalue weighted by Gasteiger charge is -2.09. The van der Waals surface area contributed by atoms with Crippen LogP contribution in [0.1, 0.15) is 28.7 Å². The van der Waals surface area contributed by atoms with Gasteiger partial charge < -0.3 is 0 Å². The third kappa shape index (κ3) is 8.28. The fourth-order valence-corrected chi connectivity index (χ4v) is 6.22. The van der Waals surface area contributed by atoms with E-state index in [1.807, 2.05) is 30.3 Å². The number of nitrogens with zero attached hydrogens (tertiary/aromatic N) is 6. The summed E-state index contributed by atoms with van der Waals surface area (Å²) in [4.78, 5) is 42.4. The number of pyridine rings is 4. The van der Waals surface area contributed by atoms with Crippen LogP contribution in [-0.4, -0.2) is 28.7 Å². The monoisotopic (exact) mass is 704 g/mol. The Balaban J connectivity index is 0.000000164. The molecule has 0 spiro atoms. The first kappa shape index (κ1) is 34.8. The molecule has 0 atom stereocenters. The molecule has 8 aromatic rings. The van der Waals surface area contributed by atoms with Gasteiger partial charge in [-0.05, 0) is 96.8 Å². The second kappa shape index (κ2) is 16.1. The largest absolute Gasteiger partial charge is 0.269 e. The summed E-state index contributed by atoms with van der Waals surface area (Å²) < 4.78 is 30.1. The van der Waals surface area contributed by atoms with Gasteiger partial charge in [0.25, 0.3) is 11.1 Å².